The summed E-state index contributed by atoms with van der Waals surface area (Å²) in [6.07, 6.45) is 0. The van der Waals surface area contributed by atoms with E-state index >= 15 is 0 Å². The Kier molecular flexibility index (Phi) is 3.55. The number of hydrogen-bond acceptors (Lipinski definition) is 3. The molecule has 7 heteroatoms. The SMILES string of the molecule is COc1c(Cl)cc2c(c1Cl)Oc1cc(Cl)c(Cl)cc1O2. The van der Waals surface area contributed by atoms with Gasteiger partial charge in [0, 0.05) is 18.2 Å². The second kappa shape index (κ2) is 5.08. The molecular weight excluding hydrogens is 346 g/mol. The van der Waals surface area contributed by atoms with Crippen molar-refractivity contribution in [3.8, 4) is 28.7 Å². The molecular formula is C13H6Cl4O3. The fourth-order valence-corrected chi connectivity index (χ4v) is 2.76. The predicted octanol–water partition coefficient (Wildman–Crippen LogP) is 6.21. The largest absolute Gasteiger partial charge is 0.493 e. The molecule has 1 aliphatic rings. The summed E-state index contributed by atoms with van der Waals surface area (Å²) >= 11 is 24.1. The maximum atomic E-state index is 6.20. The smallest absolute Gasteiger partial charge is 0.192 e. The molecule has 0 radical (unpaired) electrons. The van der Waals surface area contributed by atoms with Gasteiger partial charge in [0.25, 0.3) is 0 Å². The summed E-state index contributed by atoms with van der Waals surface area (Å²) in [5, 5.41) is 1.27. The molecule has 0 amide bonds. The monoisotopic (exact) mass is 350 g/mol. The van der Waals surface area contributed by atoms with E-state index in [1.54, 1.807) is 18.2 Å². The molecule has 104 valence electrons. The van der Waals surface area contributed by atoms with E-state index in [2.05, 4.69) is 0 Å². The molecule has 3 rings (SSSR count). The van der Waals surface area contributed by atoms with Crippen LogP contribution in [0.5, 0.6) is 28.7 Å². The van der Waals surface area contributed by atoms with Gasteiger partial charge in [-0.1, -0.05) is 46.4 Å². The van der Waals surface area contributed by atoms with Gasteiger partial charge < -0.3 is 14.2 Å². The second-order valence-electron chi connectivity index (χ2n) is 3.95. The van der Waals surface area contributed by atoms with Crippen molar-refractivity contribution < 1.29 is 14.2 Å². The molecule has 0 N–H and O–H groups in total. The molecule has 1 heterocycles. The maximum Gasteiger partial charge on any atom is 0.192 e. The summed E-state index contributed by atoms with van der Waals surface area (Å²) in [6.45, 7) is 0. The summed E-state index contributed by atoms with van der Waals surface area (Å²) < 4.78 is 16.5. The van der Waals surface area contributed by atoms with Crippen LogP contribution in [-0.2, 0) is 0 Å². The third kappa shape index (κ3) is 2.15. The minimum absolute atomic E-state index is 0.228. The van der Waals surface area contributed by atoms with Crippen molar-refractivity contribution in [2.75, 3.05) is 7.11 Å². The van der Waals surface area contributed by atoms with Crippen LogP contribution in [0.25, 0.3) is 0 Å². The summed E-state index contributed by atoms with van der Waals surface area (Å²) in [5.74, 6) is 1.87. The predicted molar refractivity (Wildman–Crippen MR) is 79.6 cm³/mol. The van der Waals surface area contributed by atoms with Gasteiger partial charge >= 0.3 is 0 Å². The van der Waals surface area contributed by atoms with Crippen LogP contribution in [0.2, 0.25) is 20.1 Å². The van der Waals surface area contributed by atoms with Crippen molar-refractivity contribution >= 4 is 46.4 Å². The Balaban J connectivity index is 2.15. The summed E-state index contributed by atoms with van der Waals surface area (Å²) in [5.41, 5.74) is 0. The fourth-order valence-electron chi connectivity index (χ4n) is 1.82. The number of rotatable bonds is 1. The summed E-state index contributed by atoms with van der Waals surface area (Å²) in [4.78, 5) is 0. The molecule has 0 unspecified atom stereocenters. The molecule has 0 aliphatic carbocycles. The molecule has 0 spiro atoms. The van der Waals surface area contributed by atoms with Crippen LogP contribution in [0, 0.1) is 0 Å². The first kappa shape index (κ1) is 14.0. The van der Waals surface area contributed by atoms with Gasteiger partial charge in [0.05, 0.1) is 22.2 Å². The normalized spacial score (nSPS) is 12.1. The van der Waals surface area contributed by atoms with E-state index in [0.717, 1.165) is 0 Å². The Morgan fingerprint density at radius 1 is 0.800 bits per heavy atom. The standard InChI is InChI=1S/C13H6Cl4O3/c1-18-12-7(16)4-10-13(11(12)17)20-9-3-6(15)5(14)2-8(9)19-10/h2-4H,1H3. The number of hydrogen-bond donors (Lipinski definition) is 0. The van der Waals surface area contributed by atoms with Crippen LogP contribution in [0.4, 0.5) is 0 Å². The van der Waals surface area contributed by atoms with Gasteiger partial charge in [-0.15, -0.1) is 0 Å². The van der Waals surface area contributed by atoms with Crippen LogP contribution in [-0.4, -0.2) is 7.11 Å². The highest BCUT2D eigenvalue weighted by molar-refractivity contribution is 6.42. The van der Waals surface area contributed by atoms with Gasteiger partial charge in [-0.05, 0) is 0 Å². The first-order valence-corrected chi connectivity index (χ1v) is 6.93. The Morgan fingerprint density at radius 2 is 1.35 bits per heavy atom. The van der Waals surface area contributed by atoms with Crippen LogP contribution in [0.15, 0.2) is 18.2 Å². The number of benzene rings is 2. The Hall–Kier alpha value is -1.00. The molecule has 2 aromatic carbocycles. The van der Waals surface area contributed by atoms with Crippen molar-refractivity contribution in [2.24, 2.45) is 0 Å². The molecule has 3 nitrogen and oxygen atoms in total. The minimum atomic E-state index is 0.228. The zero-order valence-electron chi connectivity index (χ0n) is 9.97. The van der Waals surface area contributed by atoms with Crippen LogP contribution < -0.4 is 14.2 Å². The lowest BCUT2D eigenvalue weighted by molar-refractivity contribution is 0.353. The van der Waals surface area contributed by atoms with E-state index in [0.29, 0.717) is 43.8 Å². The van der Waals surface area contributed by atoms with E-state index in [1.807, 2.05) is 0 Å². The molecule has 20 heavy (non-hydrogen) atoms. The minimum Gasteiger partial charge on any atom is -0.493 e. The fraction of sp³-hybridized carbons (Fsp3) is 0.0769. The topological polar surface area (TPSA) is 27.7 Å². The van der Waals surface area contributed by atoms with Crippen molar-refractivity contribution in [3.05, 3.63) is 38.3 Å². The third-order valence-electron chi connectivity index (χ3n) is 2.72. The molecule has 1 aliphatic heterocycles. The highest BCUT2D eigenvalue weighted by Gasteiger charge is 2.26. The lowest BCUT2D eigenvalue weighted by Crippen LogP contribution is -2.01. The van der Waals surface area contributed by atoms with Gasteiger partial charge in [0.1, 0.15) is 5.02 Å². The average Bonchev–Trinajstić information content (AvgIpc) is 2.39. The van der Waals surface area contributed by atoms with E-state index in [-0.39, 0.29) is 5.02 Å². The molecule has 2 aromatic rings. The molecule has 0 bridgehead atoms. The number of halogens is 4. The first-order chi connectivity index (χ1) is 9.51. The molecule has 0 aromatic heterocycles. The number of methoxy groups -OCH3 is 1. The number of fused-ring (bicyclic) bond motifs is 2. The van der Waals surface area contributed by atoms with Gasteiger partial charge in [-0.25, -0.2) is 0 Å². The quantitative estimate of drug-likeness (QED) is 0.521. The van der Waals surface area contributed by atoms with Gasteiger partial charge in [-0.2, -0.15) is 0 Å². The van der Waals surface area contributed by atoms with Crippen molar-refractivity contribution in [1.82, 2.24) is 0 Å². The number of ether oxygens (including phenoxy) is 3. The Labute approximate surface area is 134 Å². The van der Waals surface area contributed by atoms with E-state index in [4.69, 9.17) is 60.6 Å². The van der Waals surface area contributed by atoms with Crippen LogP contribution in [0.1, 0.15) is 0 Å². The Morgan fingerprint density at radius 3 is 1.95 bits per heavy atom. The van der Waals surface area contributed by atoms with Crippen LogP contribution in [0.3, 0.4) is 0 Å². The van der Waals surface area contributed by atoms with E-state index in [1.165, 1.54) is 7.11 Å². The van der Waals surface area contributed by atoms with Crippen LogP contribution >= 0.6 is 46.4 Å². The van der Waals surface area contributed by atoms with E-state index in [9.17, 15) is 0 Å². The molecule has 0 atom stereocenters. The third-order valence-corrected chi connectivity index (χ3v) is 4.07. The van der Waals surface area contributed by atoms with Gasteiger partial charge in [-0.3, -0.25) is 0 Å². The summed E-state index contributed by atoms with van der Waals surface area (Å²) in [6, 6.07) is 4.68. The van der Waals surface area contributed by atoms with Crippen molar-refractivity contribution in [1.29, 1.82) is 0 Å². The highest BCUT2D eigenvalue weighted by atomic mass is 35.5. The van der Waals surface area contributed by atoms with E-state index < -0.39 is 0 Å². The second-order valence-corrected chi connectivity index (χ2v) is 5.55. The highest BCUT2D eigenvalue weighted by Crippen LogP contribution is 2.54. The molecule has 0 fully saturated rings. The first-order valence-electron chi connectivity index (χ1n) is 5.42. The maximum absolute atomic E-state index is 6.20. The molecule has 0 saturated carbocycles. The lowest BCUT2D eigenvalue weighted by Gasteiger charge is -2.23. The zero-order valence-corrected chi connectivity index (χ0v) is 13.0. The zero-order chi connectivity index (χ0) is 14.4. The summed E-state index contributed by atoms with van der Waals surface area (Å²) in [7, 11) is 1.47. The Bertz CT molecular complexity index is 715. The molecule has 0 saturated heterocycles. The van der Waals surface area contributed by atoms with Gasteiger partial charge in [0.2, 0.25) is 0 Å². The van der Waals surface area contributed by atoms with Crippen molar-refractivity contribution in [3.63, 3.8) is 0 Å². The average molecular weight is 352 g/mol. The lowest BCUT2D eigenvalue weighted by atomic mass is 10.2. The van der Waals surface area contributed by atoms with Crippen molar-refractivity contribution in [2.45, 2.75) is 0 Å². The van der Waals surface area contributed by atoms with Gasteiger partial charge in [0.15, 0.2) is 28.7 Å².